The first-order valence-electron chi connectivity index (χ1n) is 9.18. The number of hydrogen-bond acceptors (Lipinski definition) is 5. The minimum absolute atomic E-state index is 0.0870. The highest BCUT2D eigenvalue weighted by Crippen LogP contribution is 2.32. The molecule has 2 aromatic rings. The molecule has 0 saturated carbocycles. The quantitative estimate of drug-likeness (QED) is 0.596. The van der Waals surface area contributed by atoms with Crippen LogP contribution in [0, 0.1) is 5.92 Å². The molecule has 1 atom stereocenters. The van der Waals surface area contributed by atoms with Crippen molar-refractivity contribution in [2.45, 2.75) is 39.5 Å². The lowest BCUT2D eigenvalue weighted by Gasteiger charge is -2.16. The van der Waals surface area contributed by atoms with Crippen molar-refractivity contribution >= 4 is 34.7 Å². The van der Waals surface area contributed by atoms with Crippen molar-refractivity contribution in [3.63, 3.8) is 0 Å². The number of esters is 1. The summed E-state index contributed by atoms with van der Waals surface area (Å²) < 4.78 is 5.21. The molecule has 0 aliphatic heterocycles. The molecule has 1 N–H and O–H groups in total. The summed E-state index contributed by atoms with van der Waals surface area (Å²) in [5.74, 6) is -0.160. The summed E-state index contributed by atoms with van der Waals surface area (Å²) >= 11 is 1.48. The van der Waals surface area contributed by atoms with Gasteiger partial charge in [-0.3, -0.25) is 9.59 Å². The second-order valence-corrected chi connectivity index (χ2v) is 8.02. The Hall–Kier alpha value is -2.47. The van der Waals surface area contributed by atoms with Crippen molar-refractivity contribution in [2.24, 2.45) is 5.92 Å². The fraction of sp³-hybridized carbons (Fsp3) is 0.381. The van der Waals surface area contributed by atoms with E-state index in [1.54, 1.807) is 31.2 Å². The number of ether oxygens (including phenoxy) is 1. The van der Waals surface area contributed by atoms with Crippen LogP contribution >= 0.6 is 11.3 Å². The fourth-order valence-electron chi connectivity index (χ4n) is 3.08. The van der Waals surface area contributed by atoms with Gasteiger partial charge in [-0.15, -0.1) is 11.3 Å². The van der Waals surface area contributed by atoms with Gasteiger partial charge < -0.3 is 10.1 Å². The Balaban J connectivity index is 1.56. The maximum Gasteiger partial charge on any atom is 0.348 e. The third-order valence-corrected chi connectivity index (χ3v) is 5.89. The molecule has 0 spiro atoms. The number of fused-ring (bicyclic) bond motifs is 1. The van der Waals surface area contributed by atoms with E-state index in [1.165, 1.54) is 21.8 Å². The molecular formula is C21H23NO4S. The third kappa shape index (κ3) is 4.83. The van der Waals surface area contributed by atoms with Crippen LogP contribution in [0.4, 0.5) is 5.69 Å². The van der Waals surface area contributed by atoms with Crippen LogP contribution in [0.1, 0.15) is 57.2 Å². The van der Waals surface area contributed by atoms with Gasteiger partial charge in [0.25, 0.3) is 0 Å². The number of carbonyl (C=O) groups is 3. The first kappa shape index (κ1) is 19.3. The Kier molecular flexibility index (Phi) is 6.06. The predicted octanol–water partition coefficient (Wildman–Crippen LogP) is 4.26. The average Bonchev–Trinajstić information content (AvgIpc) is 3.09. The van der Waals surface area contributed by atoms with Crippen LogP contribution in [0.5, 0.6) is 0 Å². The summed E-state index contributed by atoms with van der Waals surface area (Å²) in [4.78, 5) is 37.7. The van der Waals surface area contributed by atoms with E-state index in [2.05, 4.69) is 12.2 Å². The molecule has 0 radical (unpaired) electrons. The second-order valence-electron chi connectivity index (χ2n) is 6.89. The SMILES string of the molecule is CCC(=O)Nc1ccc(C(=O)COC(=O)c2cc3c(s2)CCC(C)C3)cc1. The number of Topliss-reactive ketones (excluding diaryl/α,β-unsaturated/α-hetero) is 1. The number of aryl methyl sites for hydroxylation is 1. The summed E-state index contributed by atoms with van der Waals surface area (Å²) in [6.07, 6.45) is 3.55. The lowest BCUT2D eigenvalue weighted by molar-refractivity contribution is -0.115. The Morgan fingerprint density at radius 1 is 1.22 bits per heavy atom. The van der Waals surface area contributed by atoms with Crippen molar-refractivity contribution in [1.82, 2.24) is 0 Å². The number of ketones is 1. The molecule has 1 unspecified atom stereocenters. The van der Waals surface area contributed by atoms with Crippen molar-refractivity contribution in [3.05, 3.63) is 51.2 Å². The molecule has 0 bridgehead atoms. The normalized spacial score (nSPS) is 15.7. The van der Waals surface area contributed by atoms with Gasteiger partial charge in [-0.2, -0.15) is 0 Å². The van der Waals surface area contributed by atoms with E-state index < -0.39 is 5.97 Å². The largest absolute Gasteiger partial charge is 0.453 e. The van der Waals surface area contributed by atoms with Crippen molar-refractivity contribution in [3.8, 4) is 0 Å². The molecule has 1 aliphatic rings. The lowest BCUT2D eigenvalue weighted by Crippen LogP contribution is -2.14. The fourth-order valence-corrected chi connectivity index (χ4v) is 4.18. The van der Waals surface area contributed by atoms with Crippen molar-refractivity contribution in [2.75, 3.05) is 11.9 Å². The third-order valence-electron chi connectivity index (χ3n) is 4.68. The minimum atomic E-state index is -0.442. The molecule has 1 aromatic carbocycles. The molecule has 5 nitrogen and oxygen atoms in total. The number of thiophene rings is 1. The molecule has 0 saturated heterocycles. The zero-order valence-electron chi connectivity index (χ0n) is 15.5. The number of carbonyl (C=O) groups excluding carboxylic acids is 3. The zero-order valence-corrected chi connectivity index (χ0v) is 16.4. The lowest BCUT2D eigenvalue weighted by atomic mass is 9.90. The monoisotopic (exact) mass is 385 g/mol. The number of hydrogen-bond donors (Lipinski definition) is 1. The smallest absolute Gasteiger partial charge is 0.348 e. The number of amides is 1. The maximum atomic E-state index is 12.3. The number of nitrogens with one attached hydrogen (secondary N) is 1. The van der Waals surface area contributed by atoms with Gasteiger partial charge >= 0.3 is 5.97 Å². The zero-order chi connectivity index (χ0) is 19.4. The van der Waals surface area contributed by atoms with E-state index in [9.17, 15) is 14.4 Å². The maximum absolute atomic E-state index is 12.3. The minimum Gasteiger partial charge on any atom is -0.453 e. The van der Waals surface area contributed by atoms with Gasteiger partial charge in [-0.1, -0.05) is 13.8 Å². The van der Waals surface area contributed by atoms with E-state index in [0.29, 0.717) is 28.5 Å². The first-order valence-corrected chi connectivity index (χ1v) is 9.99. The van der Waals surface area contributed by atoms with Gasteiger partial charge in [-0.25, -0.2) is 4.79 Å². The van der Waals surface area contributed by atoms with E-state index in [1.807, 2.05) is 6.07 Å². The number of anilines is 1. The molecule has 1 aromatic heterocycles. The molecule has 1 heterocycles. The molecule has 3 rings (SSSR count). The topological polar surface area (TPSA) is 72.5 Å². The molecule has 0 fully saturated rings. The summed E-state index contributed by atoms with van der Waals surface area (Å²) in [6.45, 7) is 3.70. The molecule has 1 aliphatic carbocycles. The van der Waals surface area contributed by atoms with Crippen LogP contribution in [-0.4, -0.2) is 24.3 Å². The van der Waals surface area contributed by atoms with Gasteiger partial charge in [0.05, 0.1) is 0 Å². The molecular weight excluding hydrogens is 362 g/mol. The van der Waals surface area contributed by atoms with E-state index >= 15 is 0 Å². The summed E-state index contributed by atoms with van der Waals surface area (Å²) in [7, 11) is 0. The number of benzene rings is 1. The molecule has 1 amide bonds. The van der Waals surface area contributed by atoms with E-state index in [-0.39, 0.29) is 18.3 Å². The van der Waals surface area contributed by atoms with Gasteiger partial charge in [0.15, 0.2) is 12.4 Å². The van der Waals surface area contributed by atoms with Crippen LogP contribution in [0.25, 0.3) is 0 Å². The van der Waals surface area contributed by atoms with Crippen LogP contribution in [0.15, 0.2) is 30.3 Å². The molecule has 142 valence electrons. The highest BCUT2D eigenvalue weighted by molar-refractivity contribution is 7.14. The van der Waals surface area contributed by atoms with Crippen molar-refractivity contribution < 1.29 is 19.1 Å². The number of rotatable bonds is 6. The van der Waals surface area contributed by atoms with E-state index in [4.69, 9.17) is 4.74 Å². The highest BCUT2D eigenvalue weighted by atomic mass is 32.1. The first-order chi connectivity index (χ1) is 13.0. The second kappa shape index (κ2) is 8.48. The van der Waals surface area contributed by atoms with Crippen LogP contribution in [-0.2, 0) is 22.4 Å². The molecule has 27 heavy (non-hydrogen) atoms. The Labute approximate surface area is 162 Å². The predicted molar refractivity (Wildman–Crippen MR) is 105 cm³/mol. The Bertz CT molecular complexity index is 854. The van der Waals surface area contributed by atoms with Gasteiger partial charge in [-0.05, 0) is 61.1 Å². The molecule has 6 heteroatoms. The van der Waals surface area contributed by atoms with Crippen LogP contribution < -0.4 is 5.32 Å². The highest BCUT2D eigenvalue weighted by Gasteiger charge is 2.22. The van der Waals surface area contributed by atoms with Crippen LogP contribution in [0.2, 0.25) is 0 Å². The Morgan fingerprint density at radius 2 is 1.96 bits per heavy atom. The van der Waals surface area contributed by atoms with Crippen molar-refractivity contribution in [1.29, 1.82) is 0 Å². The van der Waals surface area contributed by atoms with Gasteiger partial charge in [0.1, 0.15) is 4.88 Å². The van der Waals surface area contributed by atoms with Gasteiger partial charge in [0, 0.05) is 22.5 Å². The Morgan fingerprint density at radius 3 is 2.67 bits per heavy atom. The van der Waals surface area contributed by atoms with Crippen LogP contribution in [0.3, 0.4) is 0 Å². The average molecular weight is 385 g/mol. The standard InChI is InChI=1S/C21H23NO4S/c1-3-20(24)22-16-7-5-14(6-8-16)17(23)12-26-21(25)19-11-15-10-13(2)4-9-18(15)27-19/h5-8,11,13H,3-4,9-10,12H2,1-2H3,(H,22,24). The summed E-state index contributed by atoms with van der Waals surface area (Å²) in [6, 6.07) is 8.47. The van der Waals surface area contributed by atoms with E-state index in [0.717, 1.165) is 19.3 Å². The van der Waals surface area contributed by atoms with Gasteiger partial charge in [0.2, 0.25) is 5.91 Å². The summed E-state index contributed by atoms with van der Waals surface area (Å²) in [5, 5.41) is 2.72. The summed E-state index contributed by atoms with van der Waals surface area (Å²) in [5.41, 5.74) is 2.31.